The van der Waals surface area contributed by atoms with Crippen molar-refractivity contribution >= 4 is 5.97 Å². The summed E-state index contributed by atoms with van der Waals surface area (Å²) in [5.74, 6) is 2.11. The quantitative estimate of drug-likeness (QED) is 0.717. The third-order valence-electron chi connectivity index (χ3n) is 5.56. The molecule has 19 heavy (non-hydrogen) atoms. The van der Waals surface area contributed by atoms with Gasteiger partial charge in [-0.3, -0.25) is 9.69 Å². The number of hydrogen-bond acceptors (Lipinski definition) is 3. The van der Waals surface area contributed by atoms with Crippen LogP contribution in [0.5, 0.6) is 0 Å². The van der Waals surface area contributed by atoms with E-state index >= 15 is 0 Å². The van der Waals surface area contributed by atoms with Crippen LogP contribution in [0.1, 0.15) is 47.5 Å². The summed E-state index contributed by atoms with van der Waals surface area (Å²) in [5, 5.41) is 0. The van der Waals surface area contributed by atoms with Crippen molar-refractivity contribution in [2.75, 3.05) is 19.6 Å². The number of hydrogen-bond donors (Lipinski definition) is 0. The lowest BCUT2D eigenvalue weighted by molar-refractivity contribution is -0.154. The van der Waals surface area contributed by atoms with Crippen molar-refractivity contribution in [2.24, 2.45) is 23.2 Å². The van der Waals surface area contributed by atoms with Gasteiger partial charge in [0.05, 0.1) is 6.54 Å². The van der Waals surface area contributed by atoms with Gasteiger partial charge in [-0.1, -0.05) is 34.6 Å². The van der Waals surface area contributed by atoms with E-state index in [0.717, 1.165) is 31.3 Å². The maximum absolute atomic E-state index is 12.0. The summed E-state index contributed by atoms with van der Waals surface area (Å²) in [7, 11) is 0. The van der Waals surface area contributed by atoms with E-state index in [-0.39, 0.29) is 12.1 Å². The van der Waals surface area contributed by atoms with Crippen molar-refractivity contribution in [1.29, 1.82) is 0 Å². The number of ether oxygens (including phenoxy) is 1. The lowest BCUT2D eigenvalue weighted by Crippen LogP contribution is -2.35. The van der Waals surface area contributed by atoms with Gasteiger partial charge < -0.3 is 4.74 Å². The summed E-state index contributed by atoms with van der Waals surface area (Å²) in [6.07, 6.45) is 2.44. The first-order chi connectivity index (χ1) is 8.90. The molecule has 2 saturated carbocycles. The average Bonchev–Trinajstić information content (AvgIpc) is 2.88. The molecule has 0 aromatic heterocycles. The molecule has 0 amide bonds. The van der Waals surface area contributed by atoms with E-state index in [1.807, 2.05) is 0 Å². The standard InChI is InChI=1S/C16H29NO2/c1-6-17(7-2)10-15(18)19-14-9-13-12(8-11(14)3)16(13,4)5/h11-14H,6-10H2,1-5H3/t11-,12+,13+,14-/m0/s1. The smallest absolute Gasteiger partial charge is 0.320 e. The van der Waals surface area contributed by atoms with Crippen LogP contribution in [-0.4, -0.2) is 36.6 Å². The molecule has 0 aromatic carbocycles. The number of rotatable bonds is 5. The molecular weight excluding hydrogens is 238 g/mol. The van der Waals surface area contributed by atoms with Crippen LogP contribution in [0.15, 0.2) is 0 Å². The van der Waals surface area contributed by atoms with Crippen LogP contribution in [0.2, 0.25) is 0 Å². The summed E-state index contributed by atoms with van der Waals surface area (Å²) in [5.41, 5.74) is 0.480. The fraction of sp³-hybridized carbons (Fsp3) is 0.938. The van der Waals surface area contributed by atoms with Gasteiger partial charge in [0.2, 0.25) is 0 Å². The zero-order valence-electron chi connectivity index (χ0n) is 13.1. The van der Waals surface area contributed by atoms with Gasteiger partial charge in [0, 0.05) is 0 Å². The summed E-state index contributed by atoms with van der Waals surface area (Å²) in [6.45, 7) is 13.4. The average molecular weight is 267 g/mol. The van der Waals surface area contributed by atoms with E-state index in [9.17, 15) is 4.79 Å². The maximum atomic E-state index is 12.0. The second-order valence-corrected chi connectivity index (χ2v) is 6.97. The van der Waals surface area contributed by atoms with Crippen LogP contribution < -0.4 is 0 Å². The Morgan fingerprint density at radius 3 is 2.37 bits per heavy atom. The summed E-state index contributed by atoms with van der Waals surface area (Å²) in [4.78, 5) is 14.1. The molecular formula is C16H29NO2. The van der Waals surface area contributed by atoms with E-state index in [2.05, 4.69) is 39.5 Å². The van der Waals surface area contributed by atoms with E-state index < -0.39 is 0 Å². The van der Waals surface area contributed by atoms with Gasteiger partial charge >= 0.3 is 5.97 Å². The topological polar surface area (TPSA) is 29.5 Å². The molecule has 2 fully saturated rings. The highest BCUT2D eigenvalue weighted by Gasteiger charge is 2.61. The zero-order valence-corrected chi connectivity index (χ0v) is 13.1. The van der Waals surface area contributed by atoms with Crippen molar-refractivity contribution < 1.29 is 9.53 Å². The van der Waals surface area contributed by atoms with Crippen LogP contribution in [0.3, 0.4) is 0 Å². The third-order valence-corrected chi connectivity index (χ3v) is 5.56. The number of nitrogens with zero attached hydrogens (tertiary/aromatic N) is 1. The molecule has 3 nitrogen and oxygen atoms in total. The van der Waals surface area contributed by atoms with Crippen molar-refractivity contribution in [3.63, 3.8) is 0 Å². The SMILES string of the molecule is CCN(CC)CC(=O)O[C@H]1C[C@@H]2[C@@H](C[C@@H]1C)C2(C)C. The lowest BCUT2D eigenvalue weighted by atomic mass is 9.88. The van der Waals surface area contributed by atoms with Crippen molar-refractivity contribution in [3.8, 4) is 0 Å². The second kappa shape index (κ2) is 5.43. The minimum atomic E-state index is -0.0440. The van der Waals surface area contributed by atoms with E-state index in [1.165, 1.54) is 6.42 Å². The Morgan fingerprint density at radius 1 is 1.21 bits per heavy atom. The number of carbonyl (C=O) groups excluding carboxylic acids is 1. The van der Waals surface area contributed by atoms with Gasteiger partial charge in [-0.05, 0) is 49.1 Å². The summed E-state index contributed by atoms with van der Waals surface area (Å²) >= 11 is 0. The number of fused-ring (bicyclic) bond motifs is 1. The highest BCUT2D eigenvalue weighted by molar-refractivity contribution is 5.71. The zero-order chi connectivity index (χ0) is 14.2. The molecule has 2 aliphatic rings. The molecule has 0 bridgehead atoms. The molecule has 0 saturated heterocycles. The molecule has 0 N–H and O–H groups in total. The Kier molecular flexibility index (Phi) is 4.24. The van der Waals surface area contributed by atoms with Crippen LogP contribution in [-0.2, 0) is 9.53 Å². The molecule has 4 atom stereocenters. The highest BCUT2D eigenvalue weighted by atomic mass is 16.5. The minimum absolute atomic E-state index is 0.0440. The van der Waals surface area contributed by atoms with Gasteiger partial charge in [-0.2, -0.15) is 0 Å². The van der Waals surface area contributed by atoms with Crippen LogP contribution in [0.25, 0.3) is 0 Å². The largest absolute Gasteiger partial charge is 0.461 e. The van der Waals surface area contributed by atoms with Gasteiger partial charge in [0.25, 0.3) is 0 Å². The maximum Gasteiger partial charge on any atom is 0.320 e. The van der Waals surface area contributed by atoms with Gasteiger partial charge in [-0.15, -0.1) is 0 Å². The molecule has 2 aliphatic carbocycles. The monoisotopic (exact) mass is 267 g/mol. The van der Waals surface area contributed by atoms with Crippen LogP contribution in [0, 0.1) is 23.2 Å². The van der Waals surface area contributed by atoms with Crippen molar-refractivity contribution in [3.05, 3.63) is 0 Å². The van der Waals surface area contributed by atoms with Crippen molar-refractivity contribution in [1.82, 2.24) is 4.90 Å². The number of carbonyl (C=O) groups is 1. The summed E-state index contributed by atoms with van der Waals surface area (Å²) < 4.78 is 5.75. The molecule has 2 rings (SSSR count). The first kappa shape index (κ1) is 14.8. The van der Waals surface area contributed by atoms with Gasteiger partial charge in [-0.25, -0.2) is 0 Å². The fourth-order valence-electron chi connectivity index (χ4n) is 3.83. The molecule has 110 valence electrons. The molecule has 0 aromatic rings. The lowest BCUT2D eigenvalue weighted by Gasteiger charge is -2.29. The Balaban J connectivity index is 1.84. The van der Waals surface area contributed by atoms with Crippen LogP contribution >= 0.6 is 0 Å². The Labute approximate surface area is 117 Å². The molecule has 3 heteroatoms. The predicted octanol–water partition coefficient (Wildman–Crippen LogP) is 2.94. The molecule has 0 unspecified atom stereocenters. The predicted molar refractivity (Wildman–Crippen MR) is 76.8 cm³/mol. The van der Waals surface area contributed by atoms with Crippen molar-refractivity contribution in [2.45, 2.75) is 53.6 Å². The van der Waals surface area contributed by atoms with Gasteiger partial charge in [0.1, 0.15) is 6.10 Å². The Morgan fingerprint density at radius 2 is 1.79 bits per heavy atom. The van der Waals surface area contributed by atoms with Gasteiger partial charge in [0.15, 0.2) is 0 Å². The fourth-order valence-corrected chi connectivity index (χ4v) is 3.83. The number of likely N-dealkylation sites (N-methyl/N-ethyl adjacent to an activating group) is 1. The molecule has 0 heterocycles. The van der Waals surface area contributed by atoms with E-state index in [0.29, 0.717) is 17.9 Å². The van der Waals surface area contributed by atoms with Crippen LogP contribution in [0.4, 0.5) is 0 Å². The third kappa shape index (κ3) is 2.96. The second-order valence-electron chi connectivity index (χ2n) is 6.97. The highest BCUT2D eigenvalue weighted by Crippen LogP contribution is 2.66. The first-order valence-electron chi connectivity index (χ1n) is 7.81. The molecule has 0 spiro atoms. The van der Waals surface area contributed by atoms with E-state index in [4.69, 9.17) is 4.74 Å². The Hall–Kier alpha value is -0.570. The Bertz CT molecular complexity index is 336. The molecule has 0 radical (unpaired) electrons. The number of esters is 1. The minimum Gasteiger partial charge on any atom is -0.461 e. The summed E-state index contributed by atoms with van der Waals surface area (Å²) in [6, 6.07) is 0. The first-order valence-corrected chi connectivity index (χ1v) is 7.81. The molecule has 0 aliphatic heterocycles. The normalized spacial score (nSPS) is 35.9. The van der Waals surface area contributed by atoms with E-state index in [1.54, 1.807) is 0 Å².